The first-order valence-corrected chi connectivity index (χ1v) is 7.05. The molecule has 0 bridgehead atoms. The van der Waals surface area contributed by atoms with Crippen LogP contribution in [0.4, 0.5) is 11.4 Å². The molecule has 1 radical (unpaired) electrons. The SMILES string of the molecule is Nc1cccc(C(=O)Nc2ccc(S(=O)(=O)O)cc2)c1.[Na]. The Morgan fingerprint density at radius 1 is 1.10 bits per heavy atom. The molecule has 105 valence electrons. The number of carbonyl (C=O) groups excluding carboxylic acids is 1. The van der Waals surface area contributed by atoms with Crippen LogP contribution in [0, 0.1) is 0 Å². The summed E-state index contributed by atoms with van der Waals surface area (Å²) in [5.41, 5.74) is 6.85. The Kier molecular flexibility index (Phi) is 5.94. The maximum absolute atomic E-state index is 11.9. The van der Waals surface area contributed by atoms with Gasteiger partial charge < -0.3 is 11.1 Å². The second-order valence-corrected chi connectivity index (χ2v) is 5.50. The largest absolute Gasteiger partial charge is 0.399 e. The van der Waals surface area contributed by atoms with Crippen molar-refractivity contribution in [3.63, 3.8) is 0 Å². The van der Waals surface area contributed by atoms with Gasteiger partial charge in [0, 0.05) is 46.5 Å². The topological polar surface area (TPSA) is 109 Å². The molecule has 0 spiro atoms. The van der Waals surface area contributed by atoms with Crippen LogP contribution >= 0.6 is 0 Å². The zero-order chi connectivity index (χ0) is 14.8. The van der Waals surface area contributed by atoms with Gasteiger partial charge >= 0.3 is 0 Å². The van der Waals surface area contributed by atoms with E-state index < -0.39 is 10.1 Å². The summed E-state index contributed by atoms with van der Waals surface area (Å²) < 4.78 is 30.6. The minimum Gasteiger partial charge on any atom is -0.399 e. The van der Waals surface area contributed by atoms with Crippen LogP contribution in [0.1, 0.15) is 10.4 Å². The van der Waals surface area contributed by atoms with E-state index in [2.05, 4.69) is 5.32 Å². The van der Waals surface area contributed by atoms with Crippen molar-refractivity contribution in [2.45, 2.75) is 4.90 Å². The molecule has 2 aromatic carbocycles. The molecule has 1 amide bonds. The second-order valence-electron chi connectivity index (χ2n) is 4.08. The number of nitrogens with one attached hydrogen (secondary N) is 1. The van der Waals surface area contributed by atoms with Crippen molar-refractivity contribution in [3.8, 4) is 0 Å². The van der Waals surface area contributed by atoms with Gasteiger partial charge in [0.25, 0.3) is 16.0 Å². The fraction of sp³-hybridized carbons (Fsp3) is 0. The monoisotopic (exact) mass is 315 g/mol. The Hall–Kier alpha value is -1.38. The molecule has 8 heteroatoms. The molecule has 0 aliphatic rings. The molecule has 0 aliphatic heterocycles. The van der Waals surface area contributed by atoms with Gasteiger partial charge in [-0.05, 0) is 42.5 Å². The van der Waals surface area contributed by atoms with Crippen LogP contribution in [0.3, 0.4) is 0 Å². The number of hydrogen-bond acceptors (Lipinski definition) is 4. The number of carbonyl (C=O) groups is 1. The third kappa shape index (κ3) is 4.83. The average Bonchev–Trinajstić information content (AvgIpc) is 2.38. The molecule has 2 aromatic rings. The smallest absolute Gasteiger partial charge is 0.294 e. The predicted octanol–water partition coefficient (Wildman–Crippen LogP) is 1.39. The zero-order valence-electron chi connectivity index (χ0n) is 11.3. The normalized spacial score (nSPS) is 10.5. The van der Waals surface area contributed by atoms with Gasteiger partial charge in [-0.15, -0.1) is 0 Å². The van der Waals surface area contributed by atoms with E-state index >= 15 is 0 Å². The molecule has 0 aliphatic carbocycles. The number of amides is 1. The van der Waals surface area contributed by atoms with E-state index in [9.17, 15) is 13.2 Å². The van der Waals surface area contributed by atoms with Crippen molar-refractivity contribution in [3.05, 3.63) is 54.1 Å². The molecule has 0 fully saturated rings. The summed E-state index contributed by atoms with van der Waals surface area (Å²) in [6.07, 6.45) is 0. The van der Waals surface area contributed by atoms with Gasteiger partial charge in [-0.25, -0.2) is 0 Å². The van der Waals surface area contributed by atoms with Crippen molar-refractivity contribution < 1.29 is 17.8 Å². The minimum absolute atomic E-state index is 0. The number of benzene rings is 2. The van der Waals surface area contributed by atoms with Crippen LogP contribution in [0.2, 0.25) is 0 Å². The molecule has 6 nitrogen and oxygen atoms in total. The molecule has 0 heterocycles. The summed E-state index contributed by atoms with van der Waals surface area (Å²) in [6.45, 7) is 0. The predicted molar refractivity (Wildman–Crippen MR) is 80.8 cm³/mol. The fourth-order valence-corrected chi connectivity index (χ4v) is 2.07. The molecular weight excluding hydrogens is 303 g/mol. The average molecular weight is 315 g/mol. The van der Waals surface area contributed by atoms with Crippen LogP contribution in [-0.4, -0.2) is 48.4 Å². The Labute approximate surface area is 144 Å². The first-order valence-electron chi connectivity index (χ1n) is 5.61. The van der Waals surface area contributed by atoms with Gasteiger partial charge in [-0.3, -0.25) is 9.35 Å². The van der Waals surface area contributed by atoms with Crippen LogP contribution in [0.15, 0.2) is 53.4 Å². The van der Waals surface area contributed by atoms with Crippen LogP contribution in [0.5, 0.6) is 0 Å². The Morgan fingerprint density at radius 3 is 2.24 bits per heavy atom. The first-order chi connectivity index (χ1) is 9.36. The number of hydrogen-bond donors (Lipinski definition) is 3. The molecule has 0 aromatic heterocycles. The summed E-state index contributed by atoms with van der Waals surface area (Å²) in [5.74, 6) is -0.364. The van der Waals surface area contributed by atoms with Gasteiger partial charge in [0.05, 0.1) is 4.90 Å². The summed E-state index contributed by atoms with van der Waals surface area (Å²) in [5, 5.41) is 2.59. The molecule has 0 saturated carbocycles. The summed E-state index contributed by atoms with van der Waals surface area (Å²) in [6, 6.07) is 11.6. The number of nitrogens with two attached hydrogens (primary N) is 1. The first kappa shape index (κ1) is 17.7. The van der Waals surface area contributed by atoms with Crippen LogP contribution in [0.25, 0.3) is 0 Å². The molecule has 21 heavy (non-hydrogen) atoms. The van der Waals surface area contributed by atoms with Gasteiger partial charge in [-0.2, -0.15) is 8.42 Å². The van der Waals surface area contributed by atoms with Gasteiger partial charge in [0.2, 0.25) is 0 Å². The van der Waals surface area contributed by atoms with Crippen molar-refractivity contribution in [1.82, 2.24) is 0 Å². The van der Waals surface area contributed by atoms with E-state index in [0.717, 1.165) is 0 Å². The minimum atomic E-state index is -4.24. The maximum atomic E-state index is 11.9. The number of anilines is 2. The van der Waals surface area contributed by atoms with E-state index in [4.69, 9.17) is 10.3 Å². The second kappa shape index (κ2) is 7.06. The number of nitrogen functional groups attached to an aromatic ring is 1. The zero-order valence-corrected chi connectivity index (χ0v) is 14.1. The van der Waals surface area contributed by atoms with Crippen LogP contribution < -0.4 is 11.1 Å². The molecule has 4 N–H and O–H groups in total. The van der Waals surface area contributed by atoms with Crippen molar-refractivity contribution in [2.75, 3.05) is 11.1 Å². The van der Waals surface area contributed by atoms with Crippen LogP contribution in [-0.2, 0) is 10.1 Å². The Balaban J connectivity index is 0.00000220. The fourth-order valence-electron chi connectivity index (χ4n) is 1.59. The summed E-state index contributed by atoms with van der Waals surface area (Å²) in [4.78, 5) is 11.7. The molecular formula is C13H12N2NaO4S. The Bertz CT molecular complexity index is 745. The standard InChI is InChI=1S/C13H12N2O4S.Na/c14-10-3-1-2-9(8-10)13(16)15-11-4-6-12(7-5-11)20(17,18)19;/h1-8H,14H2,(H,15,16)(H,17,18,19);. The molecule has 0 saturated heterocycles. The van der Waals surface area contributed by atoms with E-state index in [-0.39, 0.29) is 40.4 Å². The van der Waals surface area contributed by atoms with Crippen molar-refractivity contribution in [1.29, 1.82) is 0 Å². The van der Waals surface area contributed by atoms with E-state index in [1.807, 2.05) is 0 Å². The molecule has 0 atom stereocenters. The summed E-state index contributed by atoms with van der Waals surface area (Å²) >= 11 is 0. The van der Waals surface area contributed by atoms with Gasteiger partial charge in [0.1, 0.15) is 0 Å². The number of rotatable bonds is 3. The van der Waals surface area contributed by atoms with Crippen molar-refractivity contribution in [2.24, 2.45) is 0 Å². The quantitative estimate of drug-likeness (QED) is 0.450. The molecule has 2 rings (SSSR count). The van der Waals surface area contributed by atoms with Gasteiger partial charge in [0.15, 0.2) is 0 Å². The van der Waals surface area contributed by atoms with Gasteiger partial charge in [-0.1, -0.05) is 6.07 Å². The third-order valence-electron chi connectivity index (χ3n) is 2.56. The molecule has 0 unspecified atom stereocenters. The van der Waals surface area contributed by atoms with E-state index in [0.29, 0.717) is 16.9 Å². The Morgan fingerprint density at radius 2 is 1.71 bits per heavy atom. The summed E-state index contributed by atoms with van der Waals surface area (Å²) in [7, 11) is -4.24. The van der Waals surface area contributed by atoms with E-state index in [1.165, 1.54) is 30.3 Å². The third-order valence-corrected chi connectivity index (χ3v) is 3.43. The maximum Gasteiger partial charge on any atom is 0.294 e. The van der Waals surface area contributed by atoms with Crippen molar-refractivity contribution >= 4 is 57.0 Å². The van der Waals surface area contributed by atoms with E-state index in [1.54, 1.807) is 18.2 Å².